The highest BCUT2D eigenvalue weighted by atomic mass is 16.6. The second kappa shape index (κ2) is 15.0. The minimum Gasteiger partial charge on any atom is -0.480 e. The molecule has 0 aromatic heterocycles. The first-order valence-electron chi connectivity index (χ1n) is 16.4. The summed E-state index contributed by atoms with van der Waals surface area (Å²) in [5.41, 5.74) is 6.70. The summed E-state index contributed by atoms with van der Waals surface area (Å²) in [5, 5.41) is 12.5. The first-order valence-corrected chi connectivity index (χ1v) is 16.4. The molecule has 4 aromatic carbocycles. The summed E-state index contributed by atoms with van der Waals surface area (Å²) in [7, 11) is 0. The topological polar surface area (TPSA) is 105 Å². The number of nitrogens with one attached hydrogen (secondary N) is 1. The van der Waals surface area contributed by atoms with Crippen molar-refractivity contribution in [3.05, 3.63) is 125 Å². The van der Waals surface area contributed by atoms with Gasteiger partial charge in [0.05, 0.1) is 0 Å². The number of nitrogens with zero attached hydrogens (tertiary/aromatic N) is 1. The maximum atomic E-state index is 13.3. The summed E-state index contributed by atoms with van der Waals surface area (Å²) in [4.78, 5) is 40.0. The monoisotopic (exact) mass is 632 g/mol. The highest BCUT2D eigenvalue weighted by Crippen LogP contribution is 2.44. The Morgan fingerprint density at radius 3 is 2.00 bits per heavy atom. The number of amides is 2. The first kappa shape index (κ1) is 31.9. The number of aliphatic carboxylic acids is 1. The van der Waals surface area contributed by atoms with E-state index in [2.05, 4.69) is 17.4 Å². The zero-order valence-corrected chi connectivity index (χ0v) is 26.3. The van der Waals surface area contributed by atoms with Crippen LogP contribution in [0.3, 0.4) is 0 Å². The normalized spacial score (nSPS) is 14.8. The number of hydrogen-bond acceptors (Lipinski definition) is 5. The van der Waals surface area contributed by atoms with Crippen molar-refractivity contribution in [2.75, 3.05) is 18.1 Å². The van der Waals surface area contributed by atoms with E-state index in [4.69, 9.17) is 9.47 Å². The van der Waals surface area contributed by atoms with E-state index in [0.717, 1.165) is 53.5 Å². The lowest BCUT2D eigenvalue weighted by Gasteiger charge is -2.29. The van der Waals surface area contributed by atoms with Crippen LogP contribution >= 0.6 is 0 Å². The van der Waals surface area contributed by atoms with Gasteiger partial charge in [0.25, 0.3) is 0 Å². The van der Waals surface area contributed by atoms with Crippen LogP contribution in [0.25, 0.3) is 11.1 Å². The van der Waals surface area contributed by atoms with E-state index >= 15 is 0 Å². The molecule has 2 amide bonds. The van der Waals surface area contributed by atoms with Crippen LogP contribution in [0.5, 0.6) is 0 Å². The minimum absolute atomic E-state index is 0.0564. The van der Waals surface area contributed by atoms with E-state index in [1.807, 2.05) is 78.9 Å². The third-order valence-corrected chi connectivity index (χ3v) is 9.21. The molecule has 1 atom stereocenters. The smallest absolute Gasteiger partial charge is 0.414 e. The van der Waals surface area contributed by atoms with E-state index in [1.54, 1.807) is 17.0 Å². The number of carbonyl (C=O) groups is 3. The second-order valence-electron chi connectivity index (χ2n) is 12.4. The third-order valence-electron chi connectivity index (χ3n) is 9.21. The van der Waals surface area contributed by atoms with E-state index in [9.17, 15) is 19.5 Å². The van der Waals surface area contributed by atoms with Crippen molar-refractivity contribution in [3.63, 3.8) is 0 Å². The van der Waals surface area contributed by atoms with Gasteiger partial charge in [-0.15, -0.1) is 0 Å². The Hall–Kier alpha value is -5.11. The maximum absolute atomic E-state index is 13.3. The van der Waals surface area contributed by atoms with Crippen molar-refractivity contribution in [2.45, 2.75) is 57.1 Å². The SMILES string of the molecule is O=C(N[C@@H](Cc1ccc(N(CC2CCCCC2)C(=O)OCc2ccccc2)cc1)C(=O)O)OCC1c2ccccc2-c2ccccc21. The van der Waals surface area contributed by atoms with Crippen LogP contribution in [0.1, 0.15) is 60.3 Å². The number of ether oxygens (including phenoxy) is 2. The highest BCUT2D eigenvalue weighted by molar-refractivity contribution is 5.88. The minimum atomic E-state index is -1.19. The molecule has 0 unspecified atom stereocenters. The van der Waals surface area contributed by atoms with Crippen LogP contribution in [-0.2, 0) is 27.3 Å². The molecule has 4 aromatic rings. The van der Waals surface area contributed by atoms with Crippen molar-refractivity contribution >= 4 is 23.8 Å². The summed E-state index contributed by atoms with van der Waals surface area (Å²) in [5.74, 6) is -0.892. The van der Waals surface area contributed by atoms with Crippen molar-refractivity contribution < 1.29 is 29.0 Å². The Morgan fingerprint density at radius 2 is 1.36 bits per heavy atom. The number of fused-ring (bicyclic) bond motifs is 3. The average molecular weight is 633 g/mol. The van der Waals surface area contributed by atoms with Gasteiger partial charge in [-0.05, 0) is 64.3 Å². The lowest BCUT2D eigenvalue weighted by molar-refractivity contribution is -0.139. The quantitative estimate of drug-likeness (QED) is 0.174. The van der Waals surface area contributed by atoms with Gasteiger partial charge in [0.2, 0.25) is 0 Å². The Morgan fingerprint density at radius 1 is 0.745 bits per heavy atom. The average Bonchev–Trinajstić information content (AvgIpc) is 3.43. The molecule has 8 heteroatoms. The van der Waals surface area contributed by atoms with Crippen molar-refractivity contribution in [2.24, 2.45) is 5.92 Å². The van der Waals surface area contributed by atoms with Gasteiger partial charge in [0, 0.05) is 24.6 Å². The Labute approximate surface area is 275 Å². The predicted molar refractivity (Wildman–Crippen MR) is 180 cm³/mol. The lowest BCUT2D eigenvalue weighted by atomic mass is 9.89. The number of rotatable bonds is 11. The number of hydrogen-bond donors (Lipinski definition) is 2. The van der Waals surface area contributed by atoms with Gasteiger partial charge >= 0.3 is 18.2 Å². The Balaban J connectivity index is 1.08. The Bertz CT molecular complexity index is 1640. The van der Waals surface area contributed by atoms with Gasteiger partial charge in [-0.25, -0.2) is 14.4 Å². The molecule has 0 heterocycles. The fourth-order valence-electron chi connectivity index (χ4n) is 6.74. The molecule has 2 aliphatic carbocycles. The molecular weight excluding hydrogens is 592 g/mol. The standard InChI is InChI=1S/C39H40N2O6/c42-37(43)36(40-38(44)46-26-35-33-17-9-7-15-31(33)32-16-8-10-18-34(32)35)23-27-19-21-30(22-20-27)41(24-28-11-3-1-4-12-28)39(45)47-25-29-13-5-2-6-14-29/h2,5-10,13-22,28,35-36H,1,3-4,11-12,23-26H2,(H,40,44)(H,42,43)/t36-/m0/s1. The summed E-state index contributed by atoms with van der Waals surface area (Å²) < 4.78 is 11.3. The molecule has 2 N–H and O–H groups in total. The number of anilines is 1. The van der Waals surface area contributed by atoms with E-state index in [-0.39, 0.29) is 25.6 Å². The summed E-state index contributed by atoms with van der Waals surface area (Å²) in [6.45, 7) is 0.840. The van der Waals surface area contributed by atoms with Crippen LogP contribution in [-0.4, -0.2) is 42.5 Å². The summed E-state index contributed by atoms with van der Waals surface area (Å²) in [6.07, 6.45) is 4.54. The van der Waals surface area contributed by atoms with Crippen LogP contribution in [0.4, 0.5) is 15.3 Å². The van der Waals surface area contributed by atoms with Crippen LogP contribution in [0.2, 0.25) is 0 Å². The van der Waals surface area contributed by atoms with Crippen LogP contribution < -0.4 is 10.2 Å². The first-order chi connectivity index (χ1) is 23.0. The number of carboxylic acid groups (broad SMARTS) is 1. The zero-order chi connectivity index (χ0) is 32.6. The molecule has 242 valence electrons. The number of carboxylic acids is 1. The second-order valence-corrected chi connectivity index (χ2v) is 12.4. The molecule has 0 spiro atoms. The Kier molecular flexibility index (Phi) is 10.2. The molecule has 2 aliphatic rings. The summed E-state index contributed by atoms with van der Waals surface area (Å²) in [6, 6.07) is 31.7. The van der Waals surface area contributed by atoms with Gasteiger partial charge in [0.15, 0.2) is 0 Å². The fourth-order valence-corrected chi connectivity index (χ4v) is 6.74. The lowest BCUT2D eigenvalue weighted by Crippen LogP contribution is -2.43. The molecule has 6 rings (SSSR count). The maximum Gasteiger partial charge on any atom is 0.414 e. The van der Waals surface area contributed by atoms with Gasteiger partial charge < -0.3 is 19.9 Å². The van der Waals surface area contributed by atoms with Crippen molar-refractivity contribution in [3.8, 4) is 11.1 Å². The summed E-state index contributed by atoms with van der Waals surface area (Å²) >= 11 is 0. The molecule has 0 saturated heterocycles. The van der Waals surface area contributed by atoms with Gasteiger partial charge in [-0.1, -0.05) is 110 Å². The van der Waals surface area contributed by atoms with Gasteiger partial charge in [-0.3, -0.25) is 4.90 Å². The predicted octanol–water partition coefficient (Wildman–Crippen LogP) is 7.94. The van der Waals surface area contributed by atoms with Gasteiger partial charge in [-0.2, -0.15) is 0 Å². The molecule has 1 saturated carbocycles. The molecule has 0 radical (unpaired) electrons. The largest absolute Gasteiger partial charge is 0.480 e. The van der Waals surface area contributed by atoms with Crippen LogP contribution in [0.15, 0.2) is 103 Å². The molecular formula is C39H40N2O6. The zero-order valence-electron chi connectivity index (χ0n) is 26.3. The molecule has 0 aliphatic heterocycles. The number of alkyl carbamates (subject to hydrolysis) is 1. The fraction of sp³-hybridized carbons (Fsp3) is 0.308. The number of carbonyl (C=O) groups excluding carboxylic acids is 2. The third kappa shape index (κ3) is 7.83. The molecule has 47 heavy (non-hydrogen) atoms. The van der Waals surface area contributed by atoms with Gasteiger partial charge in [0.1, 0.15) is 19.3 Å². The van der Waals surface area contributed by atoms with E-state index in [1.165, 1.54) is 6.42 Å². The van der Waals surface area contributed by atoms with Crippen LogP contribution in [0, 0.1) is 5.92 Å². The number of benzene rings is 4. The molecule has 0 bridgehead atoms. The molecule has 1 fully saturated rings. The van der Waals surface area contributed by atoms with Crippen molar-refractivity contribution in [1.82, 2.24) is 5.32 Å². The van der Waals surface area contributed by atoms with E-state index in [0.29, 0.717) is 23.7 Å². The highest BCUT2D eigenvalue weighted by Gasteiger charge is 2.30. The van der Waals surface area contributed by atoms with Crippen molar-refractivity contribution in [1.29, 1.82) is 0 Å². The van der Waals surface area contributed by atoms with E-state index < -0.39 is 24.2 Å². The molecule has 8 nitrogen and oxygen atoms in total.